The summed E-state index contributed by atoms with van der Waals surface area (Å²) in [5.74, 6) is -0.233. The first-order valence-electron chi connectivity index (χ1n) is 6.18. The highest BCUT2D eigenvalue weighted by molar-refractivity contribution is 6.31. The maximum absolute atomic E-state index is 12.2. The highest BCUT2D eigenvalue weighted by Gasteiger charge is 2.31. The van der Waals surface area contributed by atoms with Gasteiger partial charge in [-0.25, -0.2) is 0 Å². The van der Waals surface area contributed by atoms with Crippen molar-refractivity contribution in [3.05, 3.63) is 58.6 Å². The van der Waals surface area contributed by atoms with E-state index < -0.39 is 6.36 Å². The minimum Gasteiger partial charge on any atom is -0.406 e. The van der Waals surface area contributed by atoms with Gasteiger partial charge in [-0.1, -0.05) is 29.8 Å². The molecule has 2 aromatic carbocycles. The van der Waals surface area contributed by atoms with E-state index in [4.69, 9.17) is 11.6 Å². The molecule has 0 atom stereocenters. The van der Waals surface area contributed by atoms with Crippen LogP contribution >= 0.6 is 11.6 Å². The van der Waals surface area contributed by atoms with E-state index in [9.17, 15) is 13.2 Å². The van der Waals surface area contributed by atoms with Gasteiger partial charge in [0.1, 0.15) is 5.75 Å². The van der Waals surface area contributed by atoms with Crippen LogP contribution in [0.5, 0.6) is 5.75 Å². The summed E-state index contributed by atoms with van der Waals surface area (Å²) in [6.45, 7) is 2.26. The summed E-state index contributed by atoms with van der Waals surface area (Å²) in [6, 6.07) is 11.3. The minimum absolute atomic E-state index is 0.233. The molecule has 0 fully saturated rings. The fourth-order valence-corrected chi connectivity index (χ4v) is 1.94. The molecule has 0 heterocycles. The van der Waals surface area contributed by atoms with Gasteiger partial charge in [0, 0.05) is 17.3 Å². The normalized spacial score (nSPS) is 11.3. The molecule has 0 saturated carbocycles. The Morgan fingerprint density at radius 3 is 2.57 bits per heavy atom. The molecule has 2 rings (SSSR count). The van der Waals surface area contributed by atoms with E-state index in [1.54, 1.807) is 12.1 Å². The molecule has 0 aliphatic heterocycles. The number of anilines is 1. The predicted molar refractivity (Wildman–Crippen MR) is 76.6 cm³/mol. The van der Waals surface area contributed by atoms with Crippen molar-refractivity contribution in [1.82, 2.24) is 0 Å². The number of ether oxygens (including phenoxy) is 1. The van der Waals surface area contributed by atoms with Gasteiger partial charge >= 0.3 is 6.36 Å². The number of hydrogen-bond donors (Lipinski definition) is 1. The Bertz CT molecular complexity index is 629. The van der Waals surface area contributed by atoms with Crippen LogP contribution in [0.3, 0.4) is 0 Å². The summed E-state index contributed by atoms with van der Waals surface area (Å²) in [4.78, 5) is 0. The van der Waals surface area contributed by atoms with Gasteiger partial charge in [0.05, 0.1) is 0 Å². The van der Waals surface area contributed by atoms with E-state index in [-0.39, 0.29) is 5.75 Å². The van der Waals surface area contributed by atoms with Gasteiger partial charge in [0.2, 0.25) is 0 Å². The van der Waals surface area contributed by atoms with Gasteiger partial charge < -0.3 is 10.1 Å². The highest BCUT2D eigenvalue weighted by atomic mass is 35.5. The number of halogens is 4. The van der Waals surface area contributed by atoms with Crippen LogP contribution in [0.25, 0.3) is 0 Å². The molecule has 0 aliphatic carbocycles. The van der Waals surface area contributed by atoms with E-state index in [1.165, 1.54) is 18.2 Å². The second-order valence-electron chi connectivity index (χ2n) is 4.51. The maximum atomic E-state index is 12.2. The van der Waals surface area contributed by atoms with Gasteiger partial charge in [-0.05, 0) is 42.3 Å². The molecular formula is C15H13ClF3NO. The second-order valence-corrected chi connectivity index (χ2v) is 4.92. The van der Waals surface area contributed by atoms with E-state index in [2.05, 4.69) is 10.1 Å². The Kier molecular flexibility index (Phi) is 4.63. The molecule has 2 nitrogen and oxygen atoms in total. The fraction of sp³-hybridized carbons (Fsp3) is 0.200. The molecule has 0 aromatic heterocycles. The number of hydrogen-bond acceptors (Lipinski definition) is 2. The Hall–Kier alpha value is -1.88. The van der Waals surface area contributed by atoms with Crippen molar-refractivity contribution < 1.29 is 17.9 Å². The van der Waals surface area contributed by atoms with Crippen LogP contribution in [0.4, 0.5) is 18.9 Å². The van der Waals surface area contributed by atoms with Crippen LogP contribution in [-0.4, -0.2) is 6.36 Å². The van der Waals surface area contributed by atoms with Crippen LogP contribution in [0.1, 0.15) is 11.1 Å². The summed E-state index contributed by atoms with van der Waals surface area (Å²) in [5.41, 5.74) is 2.43. The largest absolute Gasteiger partial charge is 0.573 e. The average molecular weight is 316 g/mol. The average Bonchev–Trinajstić information content (AvgIpc) is 2.39. The molecule has 6 heteroatoms. The van der Waals surface area contributed by atoms with Crippen molar-refractivity contribution in [1.29, 1.82) is 0 Å². The van der Waals surface area contributed by atoms with Crippen LogP contribution in [0.2, 0.25) is 5.02 Å². The lowest BCUT2D eigenvalue weighted by Gasteiger charge is -2.11. The van der Waals surface area contributed by atoms with E-state index in [0.29, 0.717) is 17.1 Å². The molecule has 0 unspecified atom stereocenters. The Balaban J connectivity index is 2.03. The molecule has 1 N–H and O–H groups in total. The van der Waals surface area contributed by atoms with Crippen molar-refractivity contribution in [3.63, 3.8) is 0 Å². The van der Waals surface area contributed by atoms with Crippen molar-refractivity contribution in [2.75, 3.05) is 5.32 Å². The monoisotopic (exact) mass is 315 g/mol. The van der Waals surface area contributed by atoms with Crippen LogP contribution in [0.15, 0.2) is 42.5 Å². The SMILES string of the molecule is Cc1ccc(NCc2cccc(OC(F)(F)F)c2)cc1Cl. The Morgan fingerprint density at radius 2 is 1.90 bits per heavy atom. The first-order chi connectivity index (χ1) is 9.83. The van der Waals surface area contributed by atoms with Gasteiger partial charge in [-0.15, -0.1) is 13.2 Å². The van der Waals surface area contributed by atoms with Crippen LogP contribution in [0, 0.1) is 6.92 Å². The van der Waals surface area contributed by atoms with E-state index in [0.717, 1.165) is 11.3 Å². The highest BCUT2D eigenvalue weighted by Crippen LogP contribution is 2.24. The van der Waals surface area contributed by atoms with Gasteiger partial charge in [0.15, 0.2) is 0 Å². The number of nitrogens with one attached hydrogen (secondary N) is 1. The topological polar surface area (TPSA) is 21.3 Å². The fourth-order valence-electron chi connectivity index (χ4n) is 1.76. The molecule has 2 aromatic rings. The van der Waals surface area contributed by atoms with Gasteiger partial charge in [-0.3, -0.25) is 0 Å². The minimum atomic E-state index is -4.68. The lowest BCUT2D eigenvalue weighted by atomic mass is 10.2. The quantitative estimate of drug-likeness (QED) is 0.841. The Morgan fingerprint density at radius 1 is 1.14 bits per heavy atom. The molecule has 0 saturated heterocycles. The molecule has 112 valence electrons. The first-order valence-corrected chi connectivity index (χ1v) is 6.56. The maximum Gasteiger partial charge on any atom is 0.573 e. The van der Waals surface area contributed by atoms with Gasteiger partial charge in [0.25, 0.3) is 0 Å². The van der Waals surface area contributed by atoms with Crippen molar-refractivity contribution in [3.8, 4) is 5.75 Å². The van der Waals surface area contributed by atoms with E-state index >= 15 is 0 Å². The molecule has 0 bridgehead atoms. The lowest BCUT2D eigenvalue weighted by Crippen LogP contribution is -2.17. The third-order valence-corrected chi connectivity index (χ3v) is 3.21. The van der Waals surface area contributed by atoms with E-state index in [1.807, 2.05) is 19.1 Å². The number of rotatable bonds is 4. The molecule has 0 radical (unpaired) electrons. The summed E-state index contributed by atoms with van der Waals surface area (Å²) in [7, 11) is 0. The lowest BCUT2D eigenvalue weighted by molar-refractivity contribution is -0.274. The standard InChI is InChI=1S/C15H13ClF3NO/c1-10-5-6-12(8-14(10)16)20-9-11-3-2-4-13(7-11)21-15(17,18)19/h2-8,20H,9H2,1H3. The number of benzene rings is 2. The summed E-state index contributed by atoms with van der Waals surface area (Å²) >= 11 is 6.01. The molecule has 0 aliphatic rings. The van der Waals surface area contributed by atoms with Crippen LogP contribution < -0.4 is 10.1 Å². The van der Waals surface area contributed by atoms with Crippen LogP contribution in [-0.2, 0) is 6.54 Å². The van der Waals surface area contributed by atoms with Crippen molar-refractivity contribution in [2.45, 2.75) is 19.8 Å². The molecule has 21 heavy (non-hydrogen) atoms. The summed E-state index contributed by atoms with van der Waals surface area (Å²) in [5, 5.41) is 3.73. The zero-order valence-electron chi connectivity index (χ0n) is 11.2. The second kappa shape index (κ2) is 6.26. The zero-order chi connectivity index (χ0) is 15.5. The predicted octanol–water partition coefficient (Wildman–Crippen LogP) is 5.16. The zero-order valence-corrected chi connectivity index (χ0v) is 11.9. The van der Waals surface area contributed by atoms with Gasteiger partial charge in [-0.2, -0.15) is 0 Å². The molecule has 0 spiro atoms. The Labute approximate surface area is 125 Å². The third kappa shape index (κ3) is 4.86. The smallest absolute Gasteiger partial charge is 0.406 e. The third-order valence-electron chi connectivity index (χ3n) is 2.80. The van der Waals surface area contributed by atoms with Crippen molar-refractivity contribution >= 4 is 17.3 Å². The number of alkyl halides is 3. The number of aryl methyl sites for hydroxylation is 1. The van der Waals surface area contributed by atoms with Crippen molar-refractivity contribution in [2.24, 2.45) is 0 Å². The molecule has 0 amide bonds. The summed E-state index contributed by atoms with van der Waals surface area (Å²) < 4.78 is 40.3. The summed E-state index contributed by atoms with van der Waals surface area (Å²) in [6.07, 6.45) is -4.68. The first kappa shape index (κ1) is 15.5. The molecular weight excluding hydrogens is 303 g/mol.